The average Bonchev–Trinajstić information content (AvgIpc) is 2.55. The van der Waals surface area contributed by atoms with Gasteiger partial charge in [-0.1, -0.05) is 0 Å². The van der Waals surface area contributed by atoms with Crippen LogP contribution in [0.4, 0.5) is 0 Å². The minimum atomic E-state index is -2.82. The van der Waals surface area contributed by atoms with E-state index in [0.717, 1.165) is 39.1 Å². The summed E-state index contributed by atoms with van der Waals surface area (Å²) in [6.07, 6.45) is 1.92. The molecule has 2 fully saturated rings. The van der Waals surface area contributed by atoms with Gasteiger partial charge < -0.3 is 15.4 Å². The highest BCUT2D eigenvalue weighted by molar-refractivity contribution is 7.91. The van der Waals surface area contributed by atoms with Crippen molar-refractivity contribution < 1.29 is 13.2 Å². The molecular weight excluding hydrogens is 240 g/mol. The van der Waals surface area contributed by atoms with E-state index in [1.165, 1.54) is 0 Å². The maximum Gasteiger partial charge on any atom is 0.152 e. The van der Waals surface area contributed by atoms with Gasteiger partial charge in [0.15, 0.2) is 9.84 Å². The first-order valence-corrected chi connectivity index (χ1v) is 8.09. The van der Waals surface area contributed by atoms with Gasteiger partial charge in [0.2, 0.25) is 0 Å². The van der Waals surface area contributed by atoms with Gasteiger partial charge in [-0.25, -0.2) is 8.42 Å². The van der Waals surface area contributed by atoms with Gasteiger partial charge in [-0.3, -0.25) is 0 Å². The topological polar surface area (TPSA) is 67.4 Å². The van der Waals surface area contributed by atoms with Crippen LogP contribution in [0.15, 0.2) is 0 Å². The van der Waals surface area contributed by atoms with Crippen LogP contribution >= 0.6 is 0 Å². The molecule has 100 valence electrons. The summed E-state index contributed by atoms with van der Waals surface area (Å²) in [5.41, 5.74) is -0.235. The van der Waals surface area contributed by atoms with E-state index in [4.69, 9.17) is 4.74 Å². The molecular formula is C11H22N2O3S. The largest absolute Gasteiger partial charge is 0.376 e. The van der Waals surface area contributed by atoms with Gasteiger partial charge in [0.1, 0.15) is 0 Å². The highest BCUT2D eigenvalue weighted by Gasteiger charge is 2.37. The molecule has 0 bridgehead atoms. The van der Waals surface area contributed by atoms with Gasteiger partial charge in [-0.2, -0.15) is 0 Å². The Labute approximate surface area is 103 Å². The molecule has 2 atom stereocenters. The molecule has 6 heteroatoms. The van der Waals surface area contributed by atoms with Crippen LogP contribution in [0.25, 0.3) is 0 Å². The smallest absolute Gasteiger partial charge is 0.152 e. The van der Waals surface area contributed by atoms with Crippen LogP contribution in [-0.4, -0.2) is 57.8 Å². The van der Waals surface area contributed by atoms with Crippen LogP contribution in [0.3, 0.4) is 0 Å². The molecule has 2 heterocycles. The second-order valence-electron chi connectivity index (χ2n) is 5.32. The molecule has 0 spiro atoms. The number of ether oxygens (including phenoxy) is 1. The van der Waals surface area contributed by atoms with Crippen molar-refractivity contribution in [1.82, 2.24) is 10.6 Å². The van der Waals surface area contributed by atoms with Crippen molar-refractivity contribution in [3.63, 3.8) is 0 Å². The molecule has 17 heavy (non-hydrogen) atoms. The van der Waals surface area contributed by atoms with Crippen molar-refractivity contribution in [2.75, 3.05) is 37.7 Å². The molecule has 0 aromatic rings. The highest BCUT2D eigenvalue weighted by Crippen LogP contribution is 2.22. The van der Waals surface area contributed by atoms with Crippen LogP contribution in [0.1, 0.15) is 19.8 Å². The van der Waals surface area contributed by atoms with Crippen LogP contribution in [0.2, 0.25) is 0 Å². The van der Waals surface area contributed by atoms with E-state index >= 15 is 0 Å². The maximum absolute atomic E-state index is 11.4. The summed E-state index contributed by atoms with van der Waals surface area (Å²) in [4.78, 5) is 0. The molecule has 0 aromatic carbocycles. The first-order valence-electron chi connectivity index (χ1n) is 6.27. The van der Waals surface area contributed by atoms with E-state index in [1.54, 1.807) is 0 Å². The Hall–Kier alpha value is -0.170. The van der Waals surface area contributed by atoms with Gasteiger partial charge in [-0.15, -0.1) is 0 Å². The Kier molecular flexibility index (Phi) is 4.07. The molecule has 0 aliphatic carbocycles. The lowest BCUT2D eigenvalue weighted by molar-refractivity contribution is 0.0229. The normalized spacial score (nSPS) is 37.1. The molecule has 2 aliphatic rings. The van der Waals surface area contributed by atoms with E-state index < -0.39 is 9.84 Å². The van der Waals surface area contributed by atoms with Crippen LogP contribution in [0, 0.1) is 0 Å². The number of rotatable bonds is 4. The quantitative estimate of drug-likeness (QED) is 0.717. The first kappa shape index (κ1) is 13.3. The molecule has 0 amide bonds. The summed E-state index contributed by atoms with van der Waals surface area (Å²) in [5.74, 6) is 0.585. The van der Waals surface area contributed by atoms with Gasteiger partial charge in [0.25, 0.3) is 0 Å². The molecule has 2 N–H and O–H groups in total. The van der Waals surface area contributed by atoms with Gasteiger partial charge in [0.05, 0.1) is 24.2 Å². The summed E-state index contributed by atoms with van der Waals surface area (Å²) < 4.78 is 28.5. The molecule has 0 aromatic heterocycles. The van der Waals surface area contributed by atoms with E-state index in [1.807, 2.05) is 6.92 Å². The fourth-order valence-corrected chi connectivity index (χ4v) is 4.61. The number of sulfone groups is 1. The van der Waals surface area contributed by atoms with Crippen molar-refractivity contribution >= 4 is 9.84 Å². The third-order valence-electron chi connectivity index (χ3n) is 3.53. The Bertz CT molecular complexity index is 352. The summed E-state index contributed by atoms with van der Waals surface area (Å²) in [6.45, 7) is 5.42. The SMILES string of the molecule is CC1(NCCC2CNCCO2)CCS(=O)(=O)C1. The number of nitrogens with one attached hydrogen (secondary N) is 2. The number of morpholine rings is 1. The van der Waals surface area contributed by atoms with Crippen LogP contribution in [-0.2, 0) is 14.6 Å². The summed E-state index contributed by atoms with van der Waals surface area (Å²) in [5, 5.41) is 6.66. The zero-order valence-electron chi connectivity index (χ0n) is 10.4. The molecule has 2 unspecified atom stereocenters. The summed E-state index contributed by atoms with van der Waals surface area (Å²) >= 11 is 0. The lowest BCUT2D eigenvalue weighted by Gasteiger charge is -2.27. The zero-order valence-corrected chi connectivity index (χ0v) is 11.2. The molecule has 5 nitrogen and oxygen atoms in total. The maximum atomic E-state index is 11.4. The Balaban J connectivity index is 1.71. The standard InChI is InChI=1S/C11H22N2O3S/c1-11(3-7-17(14,15)9-11)13-4-2-10-8-12-5-6-16-10/h10,12-13H,2-9H2,1H3. The number of hydrogen-bond donors (Lipinski definition) is 2. The van der Waals surface area contributed by atoms with E-state index in [-0.39, 0.29) is 17.4 Å². The van der Waals surface area contributed by atoms with Crippen molar-refractivity contribution in [1.29, 1.82) is 0 Å². The van der Waals surface area contributed by atoms with Gasteiger partial charge in [-0.05, 0) is 26.3 Å². The average molecular weight is 262 g/mol. The van der Waals surface area contributed by atoms with Gasteiger partial charge in [0, 0.05) is 18.6 Å². The lowest BCUT2D eigenvalue weighted by Crippen LogP contribution is -2.46. The highest BCUT2D eigenvalue weighted by atomic mass is 32.2. The second-order valence-corrected chi connectivity index (χ2v) is 7.50. The fourth-order valence-electron chi connectivity index (χ4n) is 2.49. The third-order valence-corrected chi connectivity index (χ3v) is 5.43. The molecule has 0 radical (unpaired) electrons. The molecule has 0 saturated carbocycles. The van der Waals surface area contributed by atoms with Crippen LogP contribution < -0.4 is 10.6 Å². The fraction of sp³-hybridized carbons (Fsp3) is 1.00. The zero-order chi connectivity index (χ0) is 12.4. The Morgan fingerprint density at radius 2 is 2.35 bits per heavy atom. The first-order chi connectivity index (χ1) is 7.99. The summed E-state index contributed by atoms with van der Waals surface area (Å²) in [6, 6.07) is 0. The van der Waals surface area contributed by atoms with E-state index in [0.29, 0.717) is 5.75 Å². The molecule has 2 saturated heterocycles. The predicted molar refractivity (Wildman–Crippen MR) is 66.9 cm³/mol. The van der Waals surface area contributed by atoms with Gasteiger partial charge >= 0.3 is 0 Å². The number of hydrogen-bond acceptors (Lipinski definition) is 5. The van der Waals surface area contributed by atoms with Crippen molar-refractivity contribution in [2.45, 2.75) is 31.4 Å². The van der Waals surface area contributed by atoms with Crippen LogP contribution in [0.5, 0.6) is 0 Å². The Morgan fingerprint density at radius 1 is 1.53 bits per heavy atom. The summed E-state index contributed by atoms with van der Waals surface area (Å²) in [7, 11) is -2.82. The van der Waals surface area contributed by atoms with E-state index in [2.05, 4.69) is 10.6 Å². The Morgan fingerprint density at radius 3 is 2.94 bits per heavy atom. The minimum absolute atomic E-state index is 0.235. The van der Waals surface area contributed by atoms with Crippen molar-refractivity contribution in [3.05, 3.63) is 0 Å². The monoisotopic (exact) mass is 262 g/mol. The minimum Gasteiger partial charge on any atom is -0.376 e. The van der Waals surface area contributed by atoms with Crippen molar-refractivity contribution in [2.24, 2.45) is 0 Å². The van der Waals surface area contributed by atoms with Crippen molar-refractivity contribution in [3.8, 4) is 0 Å². The molecule has 2 aliphatic heterocycles. The molecule has 2 rings (SSSR count). The van der Waals surface area contributed by atoms with E-state index in [9.17, 15) is 8.42 Å². The lowest BCUT2D eigenvalue weighted by atomic mass is 10.0. The predicted octanol–water partition coefficient (Wildman–Crippen LogP) is -0.468. The third kappa shape index (κ3) is 3.91. The second kappa shape index (κ2) is 5.22.